The number of piperidine rings is 1. The molecular formula is C13H27N3. The second-order valence-electron chi connectivity index (χ2n) is 5.61. The maximum Gasteiger partial charge on any atom is 0.0198 e. The van der Waals surface area contributed by atoms with E-state index in [-0.39, 0.29) is 0 Å². The maximum atomic E-state index is 5.66. The van der Waals surface area contributed by atoms with Gasteiger partial charge < -0.3 is 16.0 Å². The van der Waals surface area contributed by atoms with Crippen molar-refractivity contribution >= 4 is 0 Å². The molecule has 0 bridgehead atoms. The van der Waals surface area contributed by atoms with Crippen LogP contribution in [0.3, 0.4) is 0 Å². The first-order chi connectivity index (χ1) is 7.81. The molecule has 2 rings (SSSR count). The first kappa shape index (κ1) is 12.3. The Kier molecular flexibility index (Phi) is 4.62. The first-order valence-electron chi connectivity index (χ1n) is 6.97. The molecule has 2 unspecified atom stereocenters. The van der Waals surface area contributed by atoms with Crippen molar-refractivity contribution in [3.63, 3.8) is 0 Å². The summed E-state index contributed by atoms with van der Waals surface area (Å²) in [6, 6.07) is 0.714. The quantitative estimate of drug-likeness (QED) is 0.710. The molecule has 3 nitrogen and oxygen atoms in total. The lowest BCUT2D eigenvalue weighted by Gasteiger charge is -2.38. The molecule has 0 aromatic carbocycles. The number of nitrogens with zero attached hydrogens (tertiary/aromatic N) is 1. The molecule has 0 aromatic rings. The number of nitrogens with one attached hydrogen (secondary N) is 1. The standard InChI is InChI=1S/C13H27N3/c1-2-11-7-13(15-8-12-3-4-12)10-16(9-11)6-5-14/h11-13,15H,2-10,14H2,1H3. The molecule has 3 N–H and O–H groups in total. The molecule has 1 saturated carbocycles. The average molecular weight is 225 g/mol. The summed E-state index contributed by atoms with van der Waals surface area (Å²) < 4.78 is 0. The van der Waals surface area contributed by atoms with Crippen molar-refractivity contribution in [2.45, 2.75) is 38.6 Å². The van der Waals surface area contributed by atoms with Gasteiger partial charge in [0.1, 0.15) is 0 Å². The molecule has 1 aliphatic heterocycles. The summed E-state index contributed by atoms with van der Waals surface area (Å²) in [5.74, 6) is 1.86. The van der Waals surface area contributed by atoms with Crippen molar-refractivity contribution in [1.29, 1.82) is 0 Å². The minimum absolute atomic E-state index is 0.714. The van der Waals surface area contributed by atoms with Gasteiger partial charge in [0.15, 0.2) is 0 Å². The predicted octanol–water partition coefficient (Wildman–Crippen LogP) is 1.05. The van der Waals surface area contributed by atoms with Crippen LogP contribution in [0.1, 0.15) is 32.6 Å². The van der Waals surface area contributed by atoms with Crippen LogP contribution in [0.2, 0.25) is 0 Å². The smallest absolute Gasteiger partial charge is 0.0198 e. The van der Waals surface area contributed by atoms with Gasteiger partial charge in [-0.3, -0.25) is 0 Å². The van der Waals surface area contributed by atoms with E-state index in [0.29, 0.717) is 6.04 Å². The summed E-state index contributed by atoms with van der Waals surface area (Å²) in [6.07, 6.45) is 5.57. The highest BCUT2D eigenvalue weighted by molar-refractivity contribution is 4.85. The van der Waals surface area contributed by atoms with Gasteiger partial charge in [-0.2, -0.15) is 0 Å². The van der Waals surface area contributed by atoms with E-state index in [9.17, 15) is 0 Å². The third-order valence-electron chi connectivity index (χ3n) is 4.03. The van der Waals surface area contributed by atoms with Crippen molar-refractivity contribution < 1.29 is 0 Å². The van der Waals surface area contributed by atoms with E-state index >= 15 is 0 Å². The Morgan fingerprint density at radius 2 is 2.06 bits per heavy atom. The van der Waals surface area contributed by atoms with Crippen LogP contribution in [-0.2, 0) is 0 Å². The van der Waals surface area contributed by atoms with E-state index in [2.05, 4.69) is 17.1 Å². The van der Waals surface area contributed by atoms with Crippen molar-refractivity contribution in [3.8, 4) is 0 Å². The summed E-state index contributed by atoms with van der Waals surface area (Å²) in [7, 11) is 0. The molecule has 1 saturated heterocycles. The Morgan fingerprint density at radius 1 is 1.25 bits per heavy atom. The molecule has 1 heterocycles. The van der Waals surface area contributed by atoms with Gasteiger partial charge >= 0.3 is 0 Å². The molecular weight excluding hydrogens is 198 g/mol. The maximum absolute atomic E-state index is 5.66. The second-order valence-corrected chi connectivity index (χ2v) is 5.61. The Balaban J connectivity index is 1.75. The fraction of sp³-hybridized carbons (Fsp3) is 1.00. The molecule has 0 radical (unpaired) electrons. The van der Waals surface area contributed by atoms with Gasteiger partial charge in [-0.25, -0.2) is 0 Å². The normalized spacial score (nSPS) is 31.9. The Morgan fingerprint density at radius 3 is 2.69 bits per heavy atom. The zero-order valence-electron chi connectivity index (χ0n) is 10.6. The van der Waals surface area contributed by atoms with Crippen molar-refractivity contribution in [3.05, 3.63) is 0 Å². The summed E-state index contributed by atoms with van der Waals surface area (Å²) in [5.41, 5.74) is 5.66. The molecule has 0 aromatic heterocycles. The Bertz CT molecular complexity index is 203. The van der Waals surface area contributed by atoms with E-state index in [4.69, 9.17) is 5.73 Å². The summed E-state index contributed by atoms with van der Waals surface area (Å²) in [4.78, 5) is 2.54. The van der Waals surface area contributed by atoms with E-state index in [0.717, 1.165) is 24.9 Å². The molecule has 2 aliphatic rings. The number of likely N-dealkylation sites (tertiary alicyclic amines) is 1. The van der Waals surface area contributed by atoms with Gasteiger partial charge in [-0.05, 0) is 37.6 Å². The van der Waals surface area contributed by atoms with E-state index in [1.165, 1.54) is 45.3 Å². The molecule has 2 atom stereocenters. The fourth-order valence-corrected chi connectivity index (χ4v) is 2.77. The Hall–Kier alpha value is -0.120. The number of rotatable bonds is 6. The van der Waals surface area contributed by atoms with Crippen LogP contribution in [0.4, 0.5) is 0 Å². The van der Waals surface area contributed by atoms with Gasteiger partial charge in [0.2, 0.25) is 0 Å². The Labute approximate surface area is 99.8 Å². The van der Waals surface area contributed by atoms with Crippen LogP contribution >= 0.6 is 0 Å². The van der Waals surface area contributed by atoms with E-state index in [1.807, 2.05) is 0 Å². The van der Waals surface area contributed by atoms with Crippen LogP contribution in [0.25, 0.3) is 0 Å². The molecule has 0 spiro atoms. The van der Waals surface area contributed by atoms with Crippen molar-refractivity contribution in [2.24, 2.45) is 17.6 Å². The minimum atomic E-state index is 0.714. The lowest BCUT2D eigenvalue weighted by molar-refractivity contribution is 0.141. The molecule has 94 valence electrons. The molecule has 0 amide bonds. The van der Waals surface area contributed by atoms with Crippen LogP contribution < -0.4 is 11.1 Å². The first-order valence-corrected chi connectivity index (χ1v) is 6.97. The van der Waals surface area contributed by atoms with Gasteiger partial charge in [0.25, 0.3) is 0 Å². The van der Waals surface area contributed by atoms with Gasteiger partial charge in [0, 0.05) is 32.2 Å². The number of hydrogen-bond acceptors (Lipinski definition) is 3. The SMILES string of the molecule is CCC1CC(NCC2CC2)CN(CCN)C1. The lowest BCUT2D eigenvalue weighted by Crippen LogP contribution is -2.50. The minimum Gasteiger partial charge on any atom is -0.329 e. The zero-order chi connectivity index (χ0) is 11.4. The number of hydrogen-bond donors (Lipinski definition) is 2. The molecule has 1 aliphatic carbocycles. The molecule has 2 fully saturated rings. The highest BCUT2D eigenvalue weighted by Gasteiger charge is 2.27. The fourth-order valence-electron chi connectivity index (χ4n) is 2.77. The van der Waals surface area contributed by atoms with Gasteiger partial charge in [-0.1, -0.05) is 13.3 Å². The largest absolute Gasteiger partial charge is 0.329 e. The topological polar surface area (TPSA) is 41.3 Å². The summed E-state index contributed by atoms with van der Waals surface area (Å²) >= 11 is 0. The third kappa shape index (κ3) is 3.72. The van der Waals surface area contributed by atoms with Crippen molar-refractivity contribution in [1.82, 2.24) is 10.2 Å². The molecule has 16 heavy (non-hydrogen) atoms. The van der Waals surface area contributed by atoms with Crippen LogP contribution in [0.15, 0.2) is 0 Å². The van der Waals surface area contributed by atoms with E-state index in [1.54, 1.807) is 0 Å². The lowest BCUT2D eigenvalue weighted by atomic mass is 9.92. The predicted molar refractivity (Wildman–Crippen MR) is 68.4 cm³/mol. The van der Waals surface area contributed by atoms with Gasteiger partial charge in [-0.15, -0.1) is 0 Å². The molecule has 3 heteroatoms. The third-order valence-corrected chi connectivity index (χ3v) is 4.03. The van der Waals surface area contributed by atoms with Crippen LogP contribution in [0.5, 0.6) is 0 Å². The van der Waals surface area contributed by atoms with Crippen LogP contribution in [-0.4, -0.2) is 43.7 Å². The average Bonchev–Trinajstić information content (AvgIpc) is 3.10. The number of nitrogens with two attached hydrogens (primary N) is 1. The highest BCUT2D eigenvalue weighted by atomic mass is 15.2. The zero-order valence-corrected chi connectivity index (χ0v) is 10.6. The monoisotopic (exact) mass is 225 g/mol. The van der Waals surface area contributed by atoms with Crippen molar-refractivity contribution in [2.75, 3.05) is 32.7 Å². The van der Waals surface area contributed by atoms with Gasteiger partial charge in [0.05, 0.1) is 0 Å². The highest BCUT2D eigenvalue weighted by Crippen LogP contribution is 2.28. The van der Waals surface area contributed by atoms with E-state index < -0.39 is 0 Å². The second kappa shape index (κ2) is 5.99. The summed E-state index contributed by atoms with van der Waals surface area (Å²) in [6.45, 7) is 7.89. The summed E-state index contributed by atoms with van der Waals surface area (Å²) in [5, 5.41) is 3.75. The van der Waals surface area contributed by atoms with Crippen LogP contribution in [0, 0.1) is 11.8 Å².